The third-order valence-corrected chi connectivity index (χ3v) is 4.96. The average Bonchev–Trinajstić information content (AvgIpc) is 3.15. The fourth-order valence-corrected chi connectivity index (χ4v) is 3.37. The maximum atomic E-state index is 12.2. The molecule has 7 nitrogen and oxygen atoms in total. The molecule has 0 bridgehead atoms. The third kappa shape index (κ3) is 3.38. The Hall–Kier alpha value is -3.48. The third-order valence-electron chi connectivity index (χ3n) is 4.96. The molecule has 1 N–H and O–H groups in total. The van der Waals surface area contributed by atoms with Crippen molar-refractivity contribution >= 4 is 17.5 Å². The minimum absolute atomic E-state index is 0.141. The van der Waals surface area contributed by atoms with Gasteiger partial charge >= 0.3 is 0 Å². The zero-order valence-corrected chi connectivity index (χ0v) is 15.7. The zero-order chi connectivity index (χ0) is 19.7. The Morgan fingerprint density at radius 2 is 2.07 bits per heavy atom. The van der Waals surface area contributed by atoms with E-state index in [2.05, 4.69) is 21.4 Å². The van der Waals surface area contributed by atoms with E-state index in [1.54, 1.807) is 31.3 Å². The van der Waals surface area contributed by atoms with Crippen LogP contribution in [0, 0.1) is 6.92 Å². The Balaban J connectivity index is 1.52. The van der Waals surface area contributed by atoms with Crippen molar-refractivity contribution in [3.8, 4) is 11.1 Å². The summed E-state index contributed by atoms with van der Waals surface area (Å²) in [7, 11) is 1.81. The van der Waals surface area contributed by atoms with E-state index in [4.69, 9.17) is 4.42 Å². The maximum absolute atomic E-state index is 12.2. The summed E-state index contributed by atoms with van der Waals surface area (Å²) in [6, 6.07) is 8.08. The molecule has 2 amide bonds. The van der Waals surface area contributed by atoms with E-state index in [9.17, 15) is 9.59 Å². The molecule has 3 heterocycles. The molecule has 142 valence electrons. The van der Waals surface area contributed by atoms with Crippen molar-refractivity contribution in [1.29, 1.82) is 0 Å². The second-order valence-corrected chi connectivity index (χ2v) is 6.82. The van der Waals surface area contributed by atoms with Crippen LogP contribution in [0.15, 0.2) is 47.5 Å². The van der Waals surface area contributed by atoms with Gasteiger partial charge in [0.2, 0.25) is 5.91 Å². The van der Waals surface area contributed by atoms with Gasteiger partial charge in [-0.3, -0.25) is 14.6 Å². The van der Waals surface area contributed by atoms with E-state index < -0.39 is 0 Å². The summed E-state index contributed by atoms with van der Waals surface area (Å²) >= 11 is 0. The van der Waals surface area contributed by atoms with Gasteiger partial charge in [0.05, 0.1) is 0 Å². The number of oxazole rings is 1. The Bertz CT molecular complexity index is 1060. The minimum atomic E-state index is -0.280. The number of aryl methyl sites for hydroxylation is 2. The number of hydrogen-bond donors (Lipinski definition) is 1. The van der Waals surface area contributed by atoms with Crippen molar-refractivity contribution in [1.82, 2.24) is 15.3 Å². The number of rotatable bonds is 4. The van der Waals surface area contributed by atoms with Gasteiger partial charge in [0.25, 0.3) is 5.91 Å². The molecule has 1 aromatic carbocycles. The molecule has 0 aliphatic carbocycles. The van der Waals surface area contributed by atoms with E-state index in [1.807, 2.05) is 18.2 Å². The molecule has 1 aliphatic heterocycles. The summed E-state index contributed by atoms with van der Waals surface area (Å²) < 4.78 is 5.07. The molecule has 0 atom stereocenters. The number of anilines is 1. The van der Waals surface area contributed by atoms with E-state index >= 15 is 0 Å². The lowest BCUT2D eigenvalue weighted by Crippen LogP contribution is -2.30. The van der Waals surface area contributed by atoms with E-state index in [-0.39, 0.29) is 17.5 Å². The molecule has 0 saturated carbocycles. The highest BCUT2D eigenvalue weighted by atomic mass is 16.3. The molecular weight excluding hydrogens is 356 g/mol. The second-order valence-electron chi connectivity index (χ2n) is 6.82. The number of carbonyl (C=O) groups excluding carboxylic acids is 2. The van der Waals surface area contributed by atoms with Gasteiger partial charge < -0.3 is 14.6 Å². The first-order valence-electron chi connectivity index (χ1n) is 9.05. The van der Waals surface area contributed by atoms with Crippen LogP contribution in [0.4, 0.5) is 5.69 Å². The van der Waals surface area contributed by atoms with Crippen molar-refractivity contribution in [2.45, 2.75) is 26.3 Å². The summed E-state index contributed by atoms with van der Waals surface area (Å²) in [4.78, 5) is 34.0. The molecule has 0 saturated heterocycles. The molecule has 0 unspecified atom stereocenters. The van der Waals surface area contributed by atoms with Gasteiger partial charge in [-0.1, -0.05) is 6.07 Å². The van der Waals surface area contributed by atoms with Crippen molar-refractivity contribution in [3.63, 3.8) is 0 Å². The lowest BCUT2D eigenvalue weighted by molar-refractivity contribution is -0.118. The van der Waals surface area contributed by atoms with Gasteiger partial charge in [-0.25, -0.2) is 4.98 Å². The van der Waals surface area contributed by atoms with Crippen LogP contribution in [0.25, 0.3) is 11.1 Å². The molecule has 0 spiro atoms. The SMILES string of the molecule is Cc1ocnc1C(=O)NCc1cncc(-c2ccc3c(c2)CCC(=O)N3C)c1. The maximum Gasteiger partial charge on any atom is 0.273 e. The fourth-order valence-electron chi connectivity index (χ4n) is 3.37. The van der Waals surface area contributed by atoms with Crippen molar-refractivity contribution in [3.05, 3.63) is 65.6 Å². The first-order valence-corrected chi connectivity index (χ1v) is 9.05. The topological polar surface area (TPSA) is 88.3 Å². The predicted octanol–water partition coefficient (Wildman–Crippen LogP) is 2.88. The van der Waals surface area contributed by atoms with E-state index in [0.717, 1.165) is 34.4 Å². The number of benzene rings is 1. The number of fused-ring (bicyclic) bond motifs is 1. The molecule has 0 radical (unpaired) electrons. The van der Waals surface area contributed by atoms with Crippen molar-refractivity contribution in [2.75, 3.05) is 11.9 Å². The quantitative estimate of drug-likeness (QED) is 0.756. The summed E-state index contributed by atoms with van der Waals surface area (Å²) in [6.45, 7) is 2.04. The summed E-state index contributed by atoms with van der Waals surface area (Å²) in [5.41, 5.74) is 5.29. The van der Waals surface area contributed by atoms with Crippen LogP contribution in [0.2, 0.25) is 0 Å². The molecular formula is C21H20N4O3. The van der Waals surface area contributed by atoms with Gasteiger partial charge in [0, 0.05) is 43.7 Å². The van der Waals surface area contributed by atoms with Crippen molar-refractivity contribution in [2.24, 2.45) is 0 Å². The van der Waals surface area contributed by atoms with Crippen LogP contribution in [0.1, 0.15) is 33.8 Å². The van der Waals surface area contributed by atoms with Gasteiger partial charge in [0.1, 0.15) is 5.76 Å². The van der Waals surface area contributed by atoms with E-state index in [0.29, 0.717) is 18.7 Å². The Morgan fingerprint density at radius 1 is 1.21 bits per heavy atom. The minimum Gasteiger partial charge on any atom is -0.448 e. The highest BCUT2D eigenvalue weighted by molar-refractivity contribution is 5.96. The van der Waals surface area contributed by atoms with Crippen LogP contribution in [-0.2, 0) is 17.8 Å². The number of nitrogens with zero attached hydrogens (tertiary/aromatic N) is 3. The highest BCUT2D eigenvalue weighted by Gasteiger charge is 2.21. The molecule has 2 aromatic heterocycles. The molecule has 1 aliphatic rings. The molecule has 0 fully saturated rings. The number of hydrogen-bond acceptors (Lipinski definition) is 5. The predicted molar refractivity (Wildman–Crippen MR) is 104 cm³/mol. The fraction of sp³-hybridized carbons (Fsp3) is 0.238. The summed E-state index contributed by atoms with van der Waals surface area (Å²) in [5, 5.41) is 2.84. The van der Waals surface area contributed by atoms with Crippen LogP contribution in [0.5, 0.6) is 0 Å². The Kier molecular flexibility index (Phi) is 4.65. The largest absolute Gasteiger partial charge is 0.448 e. The molecule has 4 rings (SSSR count). The number of carbonyl (C=O) groups is 2. The number of pyridine rings is 1. The van der Waals surface area contributed by atoms with Crippen LogP contribution in [0.3, 0.4) is 0 Å². The van der Waals surface area contributed by atoms with Gasteiger partial charge in [-0.2, -0.15) is 0 Å². The van der Waals surface area contributed by atoms with Gasteiger partial charge in [-0.15, -0.1) is 0 Å². The van der Waals surface area contributed by atoms with Gasteiger partial charge in [-0.05, 0) is 48.2 Å². The highest BCUT2D eigenvalue weighted by Crippen LogP contribution is 2.31. The Morgan fingerprint density at radius 3 is 2.86 bits per heavy atom. The summed E-state index contributed by atoms with van der Waals surface area (Å²) in [5.74, 6) is 0.349. The number of nitrogens with one attached hydrogen (secondary N) is 1. The van der Waals surface area contributed by atoms with Gasteiger partial charge in [0.15, 0.2) is 12.1 Å². The zero-order valence-electron chi connectivity index (χ0n) is 15.7. The molecule has 28 heavy (non-hydrogen) atoms. The van der Waals surface area contributed by atoms with Crippen LogP contribution < -0.4 is 10.2 Å². The first-order chi connectivity index (χ1) is 13.5. The number of aromatic nitrogens is 2. The monoisotopic (exact) mass is 376 g/mol. The van der Waals surface area contributed by atoms with Crippen molar-refractivity contribution < 1.29 is 14.0 Å². The standard InChI is InChI=1S/C21H20N4O3/c1-13-20(24-12-28-13)21(27)23-10-14-7-17(11-22-9-14)15-3-5-18-16(8-15)4-6-19(26)25(18)2/h3,5,7-9,11-12H,4,6,10H2,1-2H3,(H,23,27). The first kappa shape index (κ1) is 17.9. The molecule has 3 aromatic rings. The summed E-state index contributed by atoms with van der Waals surface area (Å²) in [6.07, 6.45) is 6.05. The van der Waals surface area contributed by atoms with Crippen LogP contribution in [-0.4, -0.2) is 28.8 Å². The second kappa shape index (κ2) is 7.26. The smallest absolute Gasteiger partial charge is 0.273 e. The average molecular weight is 376 g/mol. The van der Waals surface area contributed by atoms with Crippen LogP contribution >= 0.6 is 0 Å². The van der Waals surface area contributed by atoms with E-state index in [1.165, 1.54) is 6.39 Å². The molecule has 7 heteroatoms. The number of amides is 2. The lowest BCUT2D eigenvalue weighted by atomic mass is 9.96. The Labute approximate surface area is 162 Å². The lowest BCUT2D eigenvalue weighted by Gasteiger charge is -2.26. The normalized spacial score (nSPS) is 13.4.